The molecule has 6 heteroatoms. The minimum Gasteiger partial charge on any atom is -0.333 e. The van der Waals surface area contributed by atoms with Gasteiger partial charge in [-0.15, -0.1) is 0 Å². The van der Waals surface area contributed by atoms with Gasteiger partial charge in [0.25, 0.3) is 0 Å². The van der Waals surface area contributed by atoms with Crippen molar-refractivity contribution >= 4 is 5.91 Å². The van der Waals surface area contributed by atoms with Crippen LogP contribution in [0.2, 0.25) is 0 Å². The van der Waals surface area contributed by atoms with Crippen LogP contribution in [0.25, 0.3) is 0 Å². The fraction of sp³-hybridized carbons (Fsp3) is 0.917. The van der Waals surface area contributed by atoms with Crippen LogP contribution in [0.3, 0.4) is 0 Å². The van der Waals surface area contributed by atoms with Crippen molar-refractivity contribution in [3.63, 3.8) is 0 Å². The normalized spacial score (nSPS) is 24.3. The highest BCUT2D eigenvalue weighted by Crippen LogP contribution is 2.22. The van der Waals surface area contributed by atoms with Crippen molar-refractivity contribution < 1.29 is 18.0 Å². The SMILES string of the molecule is CCCCN(CC(F)(F)F)C(=O)C1CCNC1C. The first kappa shape index (κ1) is 15.3. The van der Waals surface area contributed by atoms with E-state index in [-0.39, 0.29) is 24.4 Å². The second kappa shape index (κ2) is 6.41. The average Bonchev–Trinajstić information content (AvgIpc) is 2.68. The predicted octanol–water partition coefficient (Wildman–Crippen LogP) is 2.18. The Morgan fingerprint density at radius 1 is 1.44 bits per heavy atom. The molecule has 1 rings (SSSR count). The quantitative estimate of drug-likeness (QED) is 0.827. The number of hydrogen-bond donors (Lipinski definition) is 1. The van der Waals surface area contributed by atoms with E-state index in [1.54, 1.807) is 0 Å². The number of carbonyl (C=O) groups is 1. The minimum absolute atomic E-state index is 0.0325. The third kappa shape index (κ3) is 4.48. The first-order valence-corrected chi connectivity index (χ1v) is 6.44. The van der Waals surface area contributed by atoms with Crippen molar-refractivity contribution in [3.8, 4) is 0 Å². The molecule has 18 heavy (non-hydrogen) atoms. The van der Waals surface area contributed by atoms with E-state index >= 15 is 0 Å². The van der Waals surface area contributed by atoms with E-state index in [0.717, 1.165) is 11.3 Å². The van der Waals surface area contributed by atoms with E-state index < -0.39 is 12.7 Å². The van der Waals surface area contributed by atoms with Crippen LogP contribution in [0.1, 0.15) is 33.1 Å². The first-order chi connectivity index (χ1) is 8.35. The Balaban J connectivity index is 2.65. The van der Waals surface area contributed by atoms with Gasteiger partial charge in [-0.3, -0.25) is 4.79 Å². The maximum absolute atomic E-state index is 12.5. The maximum Gasteiger partial charge on any atom is 0.406 e. The van der Waals surface area contributed by atoms with Gasteiger partial charge < -0.3 is 10.2 Å². The molecule has 1 N–H and O–H groups in total. The Kier molecular flexibility index (Phi) is 5.44. The number of nitrogens with one attached hydrogen (secondary N) is 1. The fourth-order valence-electron chi connectivity index (χ4n) is 2.26. The van der Waals surface area contributed by atoms with Crippen LogP contribution in [-0.4, -0.2) is 42.7 Å². The Labute approximate surface area is 106 Å². The molecular weight excluding hydrogens is 245 g/mol. The molecule has 0 bridgehead atoms. The summed E-state index contributed by atoms with van der Waals surface area (Å²) in [6.07, 6.45) is -2.31. The van der Waals surface area contributed by atoms with E-state index in [9.17, 15) is 18.0 Å². The van der Waals surface area contributed by atoms with Crippen LogP contribution in [0.15, 0.2) is 0 Å². The van der Waals surface area contributed by atoms with Crippen LogP contribution >= 0.6 is 0 Å². The lowest BCUT2D eigenvalue weighted by molar-refractivity contribution is -0.164. The number of alkyl halides is 3. The molecule has 1 amide bonds. The van der Waals surface area contributed by atoms with Crippen LogP contribution in [0, 0.1) is 5.92 Å². The third-order valence-electron chi connectivity index (χ3n) is 3.31. The lowest BCUT2D eigenvalue weighted by Gasteiger charge is -2.28. The average molecular weight is 266 g/mol. The van der Waals surface area contributed by atoms with Gasteiger partial charge in [0.05, 0.1) is 5.92 Å². The molecule has 0 aliphatic carbocycles. The summed E-state index contributed by atoms with van der Waals surface area (Å²) in [5.41, 5.74) is 0. The van der Waals surface area contributed by atoms with Gasteiger partial charge >= 0.3 is 6.18 Å². The molecule has 0 saturated carbocycles. The fourth-order valence-corrected chi connectivity index (χ4v) is 2.26. The molecule has 2 unspecified atom stereocenters. The predicted molar refractivity (Wildman–Crippen MR) is 63.1 cm³/mol. The summed E-state index contributed by atoms with van der Waals surface area (Å²) in [6.45, 7) is 3.51. The van der Waals surface area contributed by atoms with Crippen molar-refractivity contribution in [2.24, 2.45) is 5.92 Å². The van der Waals surface area contributed by atoms with Gasteiger partial charge in [-0.2, -0.15) is 13.2 Å². The smallest absolute Gasteiger partial charge is 0.333 e. The number of unbranched alkanes of at least 4 members (excludes halogenated alkanes) is 1. The zero-order valence-corrected chi connectivity index (χ0v) is 10.9. The number of nitrogens with zero attached hydrogens (tertiary/aromatic N) is 1. The molecule has 2 atom stereocenters. The lowest BCUT2D eigenvalue weighted by Crippen LogP contribution is -2.45. The number of amides is 1. The van der Waals surface area contributed by atoms with E-state index in [1.165, 1.54) is 0 Å². The highest BCUT2D eigenvalue weighted by Gasteiger charge is 2.37. The van der Waals surface area contributed by atoms with Gasteiger partial charge in [-0.1, -0.05) is 13.3 Å². The molecule has 1 fully saturated rings. The molecule has 3 nitrogen and oxygen atoms in total. The van der Waals surface area contributed by atoms with Gasteiger partial charge in [0.1, 0.15) is 6.54 Å². The molecule has 0 aromatic carbocycles. The lowest BCUT2D eigenvalue weighted by atomic mass is 10.00. The molecular formula is C12H21F3N2O. The summed E-state index contributed by atoms with van der Waals surface area (Å²) in [5, 5.41) is 3.10. The summed E-state index contributed by atoms with van der Waals surface area (Å²) in [6, 6.07) is -0.0325. The summed E-state index contributed by atoms with van der Waals surface area (Å²) >= 11 is 0. The number of rotatable bonds is 5. The topological polar surface area (TPSA) is 32.3 Å². The second-order valence-corrected chi connectivity index (χ2v) is 4.87. The minimum atomic E-state index is -4.32. The summed E-state index contributed by atoms with van der Waals surface area (Å²) in [5.74, 6) is -0.678. The number of halogens is 3. The largest absolute Gasteiger partial charge is 0.406 e. The summed E-state index contributed by atoms with van der Waals surface area (Å²) < 4.78 is 37.4. The number of hydrogen-bond acceptors (Lipinski definition) is 2. The summed E-state index contributed by atoms with van der Waals surface area (Å²) in [7, 11) is 0. The van der Waals surface area contributed by atoms with E-state index in [0.29, 0.717) is 19.4 Å². The molecule has 106 valence electrons. The van der Waals surface area contributed by atoms with Gasteiger partial charge in [0.15, 0.2) is 0 Å². The van der Waals surface area contributed by atoms with Gasteiger partial charge in [-0.05, 0) is 26.3 Å². The van der Waals surface area contributed by atoms with E-state index in [4.69, 9.17) is 0 Å². The van der Waals surface area contributed by atoms with Crippen molar-refractivity contribution in [3.05, 3.63) is 0 Å². The highest BCUT2D eigenvalue weighted by molar-refractivity contribution is 5.80. The Bertz CT molecular complexity index is 281. The Morgan fingerprint density at radius 2 is 2.11 bits per heavy atom. The Hall–Kier alpha value is -0.780. The van der Waals surface area contributed by atoms with E-state index in [2.05, 4.69) is 5.32 Å². The van der Waals surface area contributed by atoms with Gasteiger partial charge in [0, 0.05) is 12.6 Å². The molecule has 1 aliphatic heterocycles. The zero-order chi connectivity index (χ0) is 13.8. The standard InChI is InChI=1S/C12H21F3N2O/c1-3-4-7-17(8-12(13,14)15)11(18)10-5-6-16-9(10)2/h9-10,16H,3-8H2,1-2H3. The second-order valence-electron chi connectivity index (χ2n) is 4.87. The van der Waals surface area contributed by atoms with Gasteiger partial charge in [-0.25, -0.2) is 0 Å². The maximum atomic E-state index is 12.5. The molecule has 0 aromatic rings. The van der Waals surface area contributed by atoms with E-state index in [1.807, 2.05) is 13.8 Å². The molecule has 1 heterocycles. The first-order valence-electron chi connectivity index (χ1n) is 6.44. The number of carbonyl (C=O) groups excluding carboxylic acids is 1. The van der Waals surface area contributed by atoms with Crippen LogP contribution < -0.4 is 5.32 Å². The van der Waals surface area contributed by atoms with Gasteiger partial charge in [0.2, 0.25) is 5.91 Å². The van der Waals surface area contributed by atoms with Crippen LogP contribution in [0.4, 0.5) is 13.2 Å². The highest BCUT2D eigenvalue weighted by atomic mass is 19.4. The third-order valence-corrected chi connectivity index (χ3v) is 3.31. The molecule has 0 aromatic heterocycles. The van der Waals surface area contributed by atoms with Crippen molar-refractivity contribution in [2.45, 2.75) is 45.3 Å². The molecule has 1 saturated heterocycles. The van der Waals surface area contributed by atoms with Crippen molar-refractivity contribution in [1.29, 1.82) is 0 Å². The van der Waals surface area contributed by atoms with Crippen molar-refractivity contribution in [2.75, 3.05) is 19.6 Å². The van der Waals surface area contributed by atoms with Crippen molar-refractivity contribution in [1.82, 2.24) is 10.2 Å². The molecule has 0 radical (unpaired) electrons. The monoisotopic (exact) mass is 266 g/mol. The van der Waals surface area contributed by atoms with Crippen LogP contribution in [0.5, 0.6) is 0 Å². The zero-order valence-electron chi connectivity index (χ0n) is 10.9. The Morgan fingerprint density at radius 3 is 2.56 bits per heavy atom. The molecule has 0 spiro atoms. The summed E-state index contributed by atoms with van der Waals surface area (Å²) in [4.78, 5) is 13.1. The molecule has 1 aliphatic rings. The van der Waals surface area contributed by atoms with Crippen LogP contribution in [-0.2, 0) is 4.79 Å².